The van der Waals surface area contributed by atoms with Gasteiger partial charge in [-0.15, -0.1) is 0 Å². The third kappa shape index (κ3) is 3.69. The quantitative estimate of drug-likeness (QED) is 0.920. The molecule has 1 aliphatic carbocycles. The van der Waals surface area contributed by atoms with E-state index in [9.17, 15) is 18.0 Å². The molecule has 0 bridgehead atoms. The van der Waals surface area contributed by atoms with Gasteiger partial charge in [0.25, 0.3) is 5.91 Å². The molecule has 2 aromatic heterocycles. The van der Waals surface area contributed by atoms with Crippen molar-refractivity contribution >= 4 is 5.91 Å². The minimum Gasteiger partial charge on any atom is -0.350 e. The van der Waals surface area contributed by atoms with E-state index >= 15 is 0 Å². The van der Waals surface area contributed by atoms with Crippen LogP contribution >= 0.6 is 0 Å². The van der Waals surface area contributed by atoms with Gasteiger partial charge in [-0.3, -0.25) is 9.78 Å². The number of nitrogens with one attached hydrogen (secondary N) is 1. The number of carbonyl (C=O) groups is 1. The Morgan fingerprint density at radius 1 is 1.30 bits per heavy atom. The lowest BCUT2D eigenvalue weighted by atomic mass is 10.2. The Hall–Kier alpha value is -2.38. The summed E-state index contributed by atoms with van der Waals surface area (Å²) in [5.74, 6) is 1.09. The van der Waals surface area contributed by atoms with Gasteiger partial charge in [0.1, 0.15) is 11.5 Å². The number of hydrogen-bond donors (Lipinski definition) is 1. The van der Waals surface area contributed by atoms with Crippen LogP contribution in [0, 0.1) is 0 Å². The van der Waals surface area contributed by atoms with Crippen molar-refractivity contribution in [3.05, 3.63) is 47.8 Å². The molecular weight excluding hydrogens is 309 g/mol. The Labute approximate surface area is 130 Å². The fourth-order valence-electron chi connectivity index (χ4n) is 2.30. The first-order valence-electron chi connectivity index (χ1n) is 7.27. The van der Waals surface area contributed by atoms with Crippen molar-refractivity contribution in [1.29, 1.82) is 0 Å². The summed E-state index contributed by atoms with van der Waals surface area (Å²) in [6, 6.07) is 1.92. The van der Waals surface area contributed by atoms with Crippen molar-refractivity contribution in [2.45, 2.75) is 31.5 Å². The number of nitrogens with zero attached hydrogens (tertiary/aromatic N) is 3. The first kappa shape index (κ1) is 15.5. The van der Waals surface area contributed by atoms with Crippen LogP contribution in [0.1, 0.15) is 40.6 Å². The van der Waals surface area contributed by atoms with Crippen molar-refractivity contribution in [2.75, 3.05) is 6.54 Å². The number of rotatable bonds is 5. The second-order valence-corrected chi connectivity index (χ2v) is 5.44. The summed E-state index contributed by atoms with van der Waals surface area (Å²) >= 11 is 0. The molecule has 0 aromatic carbocycles. The molecule has 122 valence electrons. The molecule has 23 heavy (non-hydrogen) atoms. The van der Waals surface area contributed by atoms with E-state index in [-0.39, 0.29) is 5.56 Å². The number of imidazole rings is 1. The van der Waals surface area contributed by atoms with Crippen LogP contribution < -0.4 is 5.32 Å². The molecule has 3 rings (SSSR count). The average Bonchev–Trinajstić information content (AvgIpc) is 3.26. The third-order valence-corrected chi connectivity index (χ3v) is 3.64. The van der Waals surface area contributed by atoms with Crippen LogP contribution in [0.4, 0.5) is 13.2 Å². The molecule has 8 heteroatoms. The van der Waals surface area contributed by atoms with Crippen molar-refractivity contribution < 1.29 is 18.0 Å². The molecule has 1 amide bonds. The minimum atomic E-state index is -4.50. The number of pyridine rings is 1. The van der Waals surface area contributed by atoms with E-state index in [1.807, 2.05) is 10.8 Å². The lowest BCUT2D eigenvalue weighted by Gasteiger charge is -2.09. The van der Waals surface area contributed by atoms with Gasteiger partial charge >= 0.3 is 6.18 Å². The zero-order chi connectivity index (χ0) is 16.4. The maximum absolute atomic E-state index is 12.4. The summed E-state index contributed by atoms with van der Waals surface area (Å²) in [7, 11) is 0. The fourth-order valence-corrected chi connectivity index (χ4v) is 2.30. The lowest BCUT2D eigenvalue weighted by Crippen LogP contribution is -2.27. The van der Waals surface area contributed by atoms with Gasteiger partial charge in [-0.25, -0.2) is 4.98 Å². The highest BCUT2D eigenvalue weighted by Gasteiger charge is 2.32. The van der Waals surface area contributed by atoms with Crippen LogP contribution in [0.15, 0.2) is 30.7 Å². The summed E-state index contributed by atoms with van der Waals surface area (Å²) < 4.78 is 39.2. The standard InChI is InChI=1S/C15H15F3N4O/c16-15(17,18)12-4-3-11(9-21-12)14(23)20-6-8-22-7-5-19-13(22)10-1-2-10/h3-5,7,9-10H,1-2,6,8H2,(H,20,23). The number of alkyl halides is 3. The van der Waals surface area contributed by atoms with Gasteiger partial charge < -0.3 is 9.88 Å². The van der Waals surface area contributed by atoms with E-state index in [0.29, 0.717) is 19.0 Å². The van der Waals surface area contributed by atoms with Gasteiger partial charge in [0, 0.05) is 37.6 Å². The van der Waals surface area contributed by atoms with E-state index in [0.717, 1.165) is 37.0 Å². The smallest absolute Gasteiger partial charge is 0.350 e. The van der Waals surface area contributed by atoms with Gasteiger partial charge in [-0.05, 0) is 25.0 Å². The van der Waals surface area contributed by atoms with Crippen LogP contribution in [0.25, 0.3) is 0 Å². The predicted octanol–water partition coefficient (Wildman–Crippen LogP) is 2.60. The molecular formula is C15H15F3N4O. The van der Waals surface area contributed by atoms with Crippen molar-refractivity contribution in [2.24, 2.45) is 0 Å². The topological polar surface area (TPSA) is 59.8 Å². The Balaban J connectivity index is 1.54. The van der Waals surface area contributed by atoms with E-state index < -0.39 is 17.8 Å². The molecule has 0 aliphatic heterocycles. The van der Waals surface area contributed by atoms with Crippen molar-refractivity contribution in [3.63, 3.8) is 0 Å². The Morgan fingerprint density at radius 3 is 2.70 bits per heavy atom. The Morgan fingerprint density at radius 2 is 2.09 bits per heavy atom. The number of carbonyl (C=O) groups excluding carboxylic acids is 1. The molecule has 5 nitrogen and oxygen atoms in total. The number of halogens is 3. The third-order valence-electron chi connectivity index (χ3n) is 3.64. The summed E-state index contributed by atoms with van der Waals surface area (Å²) in [5.41, 5.74) is -0.910. The highest BCUT2D eigenvalue weighted by molar-refractivity contribution is 5.93. The van der Waals surface area contributed by atoms with Gasteiger partial charge in [0.05, 0.1) is 5.56 Å². The van der Waals surface area contributed by atoms with Crippen LogP contribution in [-0.2, 0) is 12.7 Å². The highest BCUT2D eigenvalue weighted by atomic mass is 19.4. The first-order chi connectivity index (χ1) is 10.9. The SMILES string of the molecule is O=C(NCCn1ccnc1C1CC1)c1ccc(C(F)(F)F)nc1. The second-order valence-electron chi connectivity index (χ2n) is 5.44. The van der Waals surface area contributed by atoms with Crippen molar-refractivity contribution in [3.8, 4) is 0 Å². The Bertz CT molecular complexity index is 689. The summed E-state index contributed by atoms with van der Waals surface area (Å²) in [6.07, 6.45) is 2.30. The lowest BCUT2D eigenvalue weighted by molar-refractivity contribution is -0.141. The van der Waals surface area contributed by atoms with E-state index in [4.69, 9.17) is 0 Å². The molecule has 0 spiro atoms. The molecule has 1 saturated carbocycles. The number of hydrogen-bond acceptors (Lipinski definition) is 3. The molecule has 2 aromatic rings. The predicted molar refractivity (Wildman–Crippen MR) is 75.8 cm³/mol. The first-order valence-corrected chi connectivity index (χ1v) is 7.27. The van der Waals surface area contributed by atoms with Crippen LogP contribution in [-0.4, -0.2) is 27.0 Å². The molecule has 1 fully saturated rings. The highest BCUT2D eigenvalue weighted by Crippen LogP contribution is 2.38. The van der Waals surface area contributed by atoms with Crippen LogP contribution in [0.5, 0.6) is 0 Å². The number of aromatic nitrogens is 3. The van der Waals surface area contributed by atoms with E-state index in [1.165, 1.54) is 0 Å². The second kappa shape index (κ2) is 6.02. The maximum atomic E-state index is 12.4. The zero-order valence-electron chi connectivity index (χ0n) is 12.2. The Kier molecular flexibility index (Phi) is 4.06. The monoisotopic (exact) mass is 324 g/mol. The zero-order valence-corrected chi connectivity index (χ0v) is 12.2. The molecule has 0 atom stereocenters. The normalized spacial score (nSPS) is 14.7. The van der Waals surface area contributed by atoms with Crippen LogP contribution in [0.3, 0.4) is 0 Å². The molecule has 0 unspecified atom stereocenters. The average molecular weight is 324 g/mol. The molecule has 1 N–H and O–H groups in total. The van der Waals surface area contributed by atoms with Crippen molar-refractivity contribution in [1.82, 2.24) is 19.9 Å². The van der Waals surface area contributed by atoms with E-state index in [1.54, 1.807) is 6.20 Å². The van der Waals surface area contributed by atoms with Gasteiger partial charge in [0.2, 0.25) is 0 Å². The van der Waals surface area contributed by atoms with Gasteiger partial charge in [-0.2, -0.15) is 13.2 Å². The fraction of sp³-hybridized carbons (Fsp3) is 0.400. The molecule has 0 radical (unpaired) electrons. The van der Waals surface area contributed by atoms with Gasteiger partial charge in [0.15, 0.2) is 0 Å². The summed E-state index contributed by atoms with van der Waals surface area (Å²) in [5, 5.41) is 2.67. The van der Waals surface area contributed by atoms with Crippen LogP contribution in [0.2, 0.25) is 0 Å². The maximum Gasteiger partial charge on any atom is 0.433 e. The summed E-state index contributed by atoms with van der Waals surface area (Å²) in [6.45, 7) is 0.946. The largest absolute Gasteiger partial charge is 0.433 e. The number of amides is 1. The molecule has 1 aliphatic rings. The van der Waals surface area contributed by atoms with Gasteiger partial charge in [-0.1, -0.05) is 0 Å². The summed E-state index contributed by atoms with van der Waals surface area (Å²) in [4.78, 5) is 19.5. The molecule has 2 heterocycles. The minimum absolute atomic E-state index is 0.103. The molecule has 0 saturated heterocycles. The van der Waals surface area contributed by atoms with E-state index in [2.05, 4.69) is 15.3 Å².